The fourth-order valence-electron chi connectivity index (χ4n) is 6.72. The molecule has 3 N–H and O–H groups in total. The van der Waals surface area contributed by atoms with E-state index in [1.807, 2.05) is 25.1 Å². The van der Waals surface area contributed by atoms with Gasteiger partial charge in [0.25, 0.3) is 0 Å². The molecule has 0 bridgehead atoms. The first kappa shape index (κ1) is 23.4. The molecule has 1 saturated carbocycles. The zero-order chi connectivity index (χ0) is 25.1. The maximum atomic E-state index is 13.2. The highest BCUT2D eigenvalue weighted by Gasteiger charge is 2.69. The molecule has 0 unspecified atom stereocenters. The van der Waals surface area contributed by atoms with Crippen LogP contribution >= 0.6 is 0 Å². The topological polar surface area (TPSA) is 95.2 Å². The van der Waals surface area contributed by atoms with Crippen LogP contribution in [0.4, 0.5) is 0 Å². The third kappa shape index (κ3) is 3.36. The van der Waals surface area contributed by atoms with E-state index in [-0.39, 0.29) is 23.7 Å². The van der Waals surface area contributed by atoms with Crippen molar-refractivity contribution in [3.63, 3.8) is 0 Å². The Morgan fingerprint density at radius 3 is 2.89 bits per heavy atom. The van der Waals surface area contributed by atoms with Crippen molar-refractivity contribution in [2.24, 2.45) is 5.92 Å². The average Bonchev–Trinajstić information content (AvgIpc) is 3.25. The summed E-state index contributed by atoms with van der Waals surface area (Å²) in [6, 6.07) is 4.96. The van der Waals surface area contributed by atoms with E-state index >= 15 is 0 Å². The van der Waals surface area contributed by atoms with Crippen molar-refractivity contribution >= 4 is 12.0 Å². The number of allylic oxidation sites excluding steroid dienone is 1. The second-order valence-corrected chi connectivity index (χ2v) is 10.8. The molecule has 190 valence electrons. The summed E-state index contributed by atoms with van der Waals surface area (Å²) in [5.74, 6) is 1.06. The molecular weight excluding hydrogens is 456 g/mol. The van der Waals surface area contributed by atoms with Crippen molar-refractivity contribution in [3.05, 3.63) is 65.6 Å². The van der Waals surface area contributed by atoms with Crippen molar-refractivity contribution in [1.82, 2.24) is 10.2 Å². The normalized spacial score (nSPS) is 30.8. The Kier molecular flexibility index (Phi) is 5.54. The zero-order valence-corrected chi connectivity index (χ0v) is 20.8. The molecule has 5 atom stereocenters. The lowest BCUT2D eigenvalue weighted by Gasteiger charge is -2.52. The Balaban J connectivity index is 1.39. The largest absolute Gasteiger partial charge is 0.504 e. The van der Waals surface area contributed by atoms with Crippen LogP contribution in [0.3, 0.4) is 0 Å². The lowest BCUT2D eigenvalue weighted by molar-refractivity contribution is -0.132. The molecule has 2 aromatic rings. The van der Waals surface area contributed by atoms with Crippen molar-refractivity contribution in [2.45, 2.75) is 68.2 Å². The van der Waals surface area contributed by atoms with Crippen LogP contribution in [0, 0.1) is 5.92 Å². The van der Waals surface area contributed by atoms with Gasteiger partial charge in [-0.05, 0) is 68.3 Å². The molecule has 2 heterocycles. The van der Waals surface area contributed by atoms with Gasteiger partial charge in [0.1, 0.15) is 11.7 Å². The monoisotopic (exact) mass is 490 g/mol. The van der Waals surface area contributed by atoms with Crippen LogP contribution in [0.1, 0.15) is 49.3 Å². The first-order chi connectivity index (χ1) is 17.4. The molecule has 0 radical (unpaired) electrons. The minimum absolute atomic E-state index is 0.0814. The van der Waals surface area contributed by atoms with Crippen LogP contribution in [0.2, 0.25) is 0 Å². The fraction of sp³-hybridized carbons (Fsp3) is 0.483. The molecule has 1 aromatic heterocycles. The van der Waals surface area contributed by atoms with Crippen molar-refractivity contribution in [2.75, 3.05) is 13.6 Å². The molecule has 7 heteroatoms. The predicted molar refractivity (Wildman–Crippen MR) is 136 cm³/mol. The SMILES string of the molecule is CC[C@H]([C@@H]1Oc2c(O)ccc3c2[C@@]12CC=C[C@@]2(O)[C@H](NCC1CC1)C3)N(C)C(=O)/C=C/c1ccoc1. The van der Waals surface area contributed by atoms with Gasteiger partial charge in [-0.1, -0.05) is 25.1 Å². The van der Waals surface area contributed by atoms with Gasteiger partial charge in [-0.25, -0.2) is 0 Å². The number of nitrogens with zero attached hydrogens (tertiary/aromatic N) is 1. The zero-order valence-electron chi connectivity index (χ0n) is 20.8. The summed E-state index contributed by atoms with van der Waals surface area (Å²) in [7, 11) is 1.78. The molecule has 1 aromatic carbocycles. The molecule has 1 spiro atoms. The van der Waals surface area contributed by atoms with E-state index in [1.54, 1.807) is 42.7 Å². The molecule has 1 amide bonds. The number of amides is 1. The van der Waals surface area contributed by atoms with Gasteiger partial charge in [-0.2, -0.15) is 0 Å². The number of aromatic hydroxyl groups is 1. The molecule has 6 rings (SSSR count). The summed E-state index contributed by atoms with van der Waals surface area (Å²) in [5.41, 5.74) is 0.823. The quantitative estimate of drug-likeness (QED) is 0.387. The average molecular weight is 491 g/mol. The minimum Gasteiger partial charge on any atom is -0.504 e. The number of phenols is 1. The van der Waals surface area contributed by atoms with E-state index in [9.17, 15) is 15.0 Å². The number of hydrogen-bond donors (Lipinski definition) is 3. The smallest absolute Gasteiger partial charge is 0.246 e. The Labute approximate surface area is 211 Å². The molecule has 7 nitrogen and oxygen atoms in total. The molecule has 3 aliphatic carbocycles. The Bertz CT molecular complexity index is 1220. The molecular formula is C29H34N2O5. The number of ether oxygens (including phenoxy) is 1. The summed E-state index contributed by atoms with van der Waals surface area (Å²) < 4.78 is 11.7. The highest BCUT2D eigenvalue weighted by atomic mass is 16.5. The third-order valence-electron chi connectivity index (χ3n) is 8.81. The Morgan fingerprint density at radius 2 is 2.17 bits per heavy atom. The van der Waals surface area contributed by atoms with Gasteiger partial charge < -0.3 is 29.6 Å². The lowest BCUT2D eigenvalue weighted by Crippen LogP contribution is -2.69. The van der Waals surface area contributed by atoms with Gasteiger partial charge in [0.2, 0.25) is 5.91 Å². The lowest BCUT2D eigenvalue weighted by atomic mass is 9.56. The summed E-state index contributed by atoms with van der Waals surface area (Å²) in [6.07, 6.45) is 14.2. The highest BCUT2D eigenvalue weighted by Crippen LogP contribution is 2.63. The summed E-state index contributed by atoms with van der Waals surface area (Å²) in [4.78, 5) is 14.9. The predicted octanol–water partition coefficient (Wildman–Crippen LogP) is 3.55. The molecule has 4 aliphatic rings. The highest BCUT2D eigenvalue weighted by molar-refractivity contribution is 5.91. The number of nitrogens with one attached hydrogen (secondary N) is 1. The molecule has 1 fully saturated rings. The molecule has 0 saturated heterocycles. The van der Waals surface area contributed by atoms with Crippen LogP contribution in [0.25, 0.3) is 6.08 Å². The standard InChI is InChI=1S/C29H34N2O5/c1-3-21(31(2)24(33)10-7-19-11-14-35-17-19)27-28-12-4-13-29(28,34)23(30-16-18-5-6-18)15-20-8-9-22(32)26(36-27)25(20)28/h4,7-11,13-14,17-18,21,23,27,30,32,34H,3,5-6,12,15-16H2,1-2H3/b10-7+/t21-,23-,27+,28+,29-/m1/s1. The van der Waals surface area contributed by atoms with Crippen LogP contribution in [0.15, 0.2) is 53.4 Å². The second kappa shape index (κ2) is 8.53. The third-order valence-corrected chi connectivity index (χ3v) is 8.81. The van der Waals surface area contributed by atoms with E-state index in [4.69, 9.17) is 9.15 Å². The number of furan rings is 1. The van der Waals surface area contributed by atoms with Crippen LogP contribution < -0.4 is 10.1 Å². The first-order valence-electron chi connectivity index (χ1n) is 13.0. The van der Waals surface area contributed by atoms with Crippen molar-refractivity contribution in [3.8, 4) is 11.5 Å². The first-order valence-corrected chi connectivity index (χ1v) is 13.0. The Hall–Kier alpha value is -3.03. The van der Waals surface area contributed by atoms with Crippen LogP contribution in [-0.4, -0.2) is 58.4 Å². The van der Waals surface area contributed by atoms with Crippen LogP contribution in [-0.2, 0) is 16.6 Å². The molecule has 36 heavy (non-hydrogen) atoms. The van der Waals surface area contributed by atoms with Gasteiger partial charge in [0, 0.05) is 30.3 Å². The van der Waals surface area contributed by atoms with E-state index in [2.05, 4.69) is 5.32 Å². The van der Waals surface area contributed by atoms with E-state index in [0.29, 0.717) is 30.9 Å². The molecule has 1 aliphatic heterocycles. The number of carbonyl (C=O) groups excluding carboxylic acids is 1. The fourth-order valence-corrected chi connectivity index (χ4v) is 6.72. The summed E-state index contributed by atoms with van der Waals surface area (Å²) >= 11 is 0. The number of aliphatic hydroxyl groups is 1. The number of likely N-dealkylation sites (N-methyl/N-ethyl adjacent to an activating group) is 1. The van der Waals surface area contributed by atoms with Gasteiger partial charge in [0.05, 0.1) is 24.0 Å². The summed E-state index contributed by atoms with van der Waals surface area (Å²) in [5, 5.41) is 26.9. The van der Waals surface area contributed by atoms with Gasteiger partial charge in [-0.3, -0.25) is 4.79 Å². The van der Waals surface area contributed by atoms with E-state index < -0.39 is 17.1 Å². The number of rotatable bonds is 8. The second-order valence-electron chi connectivity index (χ2n) is 10.8. The van der Waals surface area contributed by atoms with E-state index in [1.165, 1.54) is 18.9 Å². The minimum atomic E-state index is -1.19. The Morgan fingerprint density at radius 1 is 1.33 bits per heavy atom. The van der Waals surface area contributed by atoms with Crippen molar-refractivity contribution < 1.29 is 24.2 Å². The number of carbonyl (C=O) groups is 1. The number of benzene rings is 1. The van der Waals surface area contributed by atoms with Crippen LogP contribution in [0.5, 0.6) is 11.5 Å². The summed E-state index contributed by atoms with van der Waals surface area (Å²) in [6.45, 7) is 2.92. The van der Waals surface area contributed by atoms with Gasteiger partial charge in [0.15, 0.2) is 11.5 Å². The number of hydrogen-bond acceptors (Lipinski definition) is 6. The number of phenolic OH excluding ortho intramolecular Hbond substituents is 1. The van der Waals surface area contributed by atoms with E-state index in [0.717, 1.165) is 23.2 Å². The van der Waals surface area contributed by atoms with Gasteiger partial charge >= 0.3 is 0 Å². The van der Waals surface area contributed by atoms with Gasteiger partial charge in [-0.15, -0.1) is 0 Å². The van der Waals surface area contributed by atoms with Crippen molar-refractivity contribution in [1.29, 1.82) is 0 Å². The maximum Gasteiger partial charge on any atom is 0.246 e. The maximum absolute atomic E-state index is 13.2.